The first-order valence-electron chi connectivity index (χ1n) is 7.17. The van der Waals surface area contributed by atoms with Crippen LogP contribution < -0.4 is 5.32 Å². The summed E-state index contributed by atoms with van der Waals surface area (Å²) in [5, 5.41) is 3.57. The Morgan fingerprint density at radius 2 is 2.06 bits per heavy atom. The number of ether oxygens (including phenoxy) is 1. The van der Waals surface area contributed by atoms with Gasteiger partial charge in [-0.2, -0.15) is 0 Å². The fourth-order valence-corrected chi connectivity index (χ4v) is 2.72. The summed E-state index contributed by atoms with van der Waals surface area (Å²) in [5.41, 5.74) is 0. The van der Waals surface area contributed by atoms with Gasteiger partial charge in [-0.25, -0.2) is 4.79 Å². The Kier molecular flexibility index (Phi) is 5.26. The van der Waals surface area contributed by atoms with Gasteiger partial charge in [-0.3, -0.25) is 4.90 Å². The van der Waals surface area contributed by atoms with Crippen molar-refractivity contribution in [1.29, 1.82) is 0 Å². The number of amides is 1. The third-order valence-electron chi connectivity index (χ3n) is 3.79. The highest BCUT2D eigenvalue weighted by molar-refractivity contribution is 5.67. The van der Waals surface area contributed by atoms with Crippen molar-refractivity contribution >= 4 is 6.09 Å². The molecule has 2 saturated heterocycles. The zero-order chi connectivity index (χ0) is 12.8. The van der Waals surface area contributed by atoms with Crippen LogP contribution in [-0.4, -0.2) is 67.8 Å². The summed E-state index contributed by atoms with van der Waals surface area (Å²) >= 11 is 0. The monoisotopic (exact) mass is 255 g/mol. The van der Waals surface area contributed by atoms with Gasteiger partial charge in [-0.05, 0) is 26.3 Å². The fourth-order valence-electron chi connectivity index (χ4n) is 2.72. The minimum Gasteiger partial charge on any atom is -0.450 e. The number of carbonyl (C=O) groups is 1. The van der Waals surface area contributed by atoms with Gasteiger partial charge in [0, 0.05) is 38.8 Å². The minimum absolute atomic E-state index is 0.159. The third kappa shape index (κ3) is 3.85. The molecule has 0 aromatic heterocycles. The largest absolute Gasteiger partial charge is 0.450 e. The molecule has 0 aliphatic carbocycles. The van der Waals surface area contributed by atoms with Gasteiger partial charge in [0.15, 0.2) is 0 Å². The van der Waals surface area contributed by atoms with Crippen LogP contribution in [0.25, 0.3) is 0 Å². The molecule has 0 aromatic carbocycles. The second-order valence-electron chi connectivity index (χ2n) is 5.13. The summed E-state index contributed by atoms with van der Waals surface area (Å²) in [5.74, 6) is 0. The predicted molar refractivity (Wildman–Crippen MR) is 70.7 cm³/mol. The van der Waals surface area contributed by atoms with Crippen molar-refractivity contribution in [3.05, 3.63) is 0 Å². The summed E-state index contributed by atoms with van der Waals surface area (Å²) < 4.78 is 5.02. The van der Waals surface area contributed by atoms with Crippen LogP contribution in [0.3, 0.4) is 0 Å². The van der Waals surface area contributed by atoms with Gasteiger partial charge in [0.05, 0.1) is 6.61 Å². The molecule has 5 nitrogen and oxygen atoms in total. The van der Waals surface area contributed by atoms with E-state index in [9.17, 15) is 4.79 Å². The Morgan fingerprint density at radius 3 is 2.67 bits per heavy atom. The van der Waals surface area contributed by atoms with E-state index in [1.807, 2.05) is 11.8 Å². The molecule has 0 aromatic rings. The number of piperidine rings is 1. The lowest BCUT2D eigenvalue weighted by Crippen LogP contribution is -2.52. The summed E-state index contributed by atoms with van der Waals surface area (Å²) in [6.07, 6.45) is 3.79. The highest BCUT2D eigenvalue weighted by atomic mass is 16.6. The molecule has 0 saturated carbocycles. The highest BCUT2D eigenvalue weighted by Gasteiger charge is 2.24. The van der Waals surface area contributed by atoms with E-state index >= 15 is 0 Å². The number of hydrogen-bond donors (Lipinski definition) is 1. The quantitative estimate of drug-likeness (QED) is 0.814. The molecule has 1 N–H and O–H groups in total. The topological polar surface area (TPSA) is 44.8 Å². The lowest BCUT2D eigenvalue weighted by Gasteiger charge is -2.36. The van der Waals surface area contributed by atoms with E-state index in [0.29, 0.717) is 12.6 Å². The molecule has 2 rings (SSSR count). The molecule has 18 heavy (non-hydrogen) atoms. The lowest BCUT2D eigenvalue weighted by molar-refractivity contribution is 0.0759. The second kappa shape index (κ2) is 6.95. The number of nitrogens with one attached hydrogen (secondary N) is 1. The van der Waals surface area contributed by atoms with Crippen molar-refractivity contribution in [3.8, 4) is 0 Å². The van der Waals surface area contributed by atoms with Gasteiger partial charge in [0.25, 0.3) is 0 Å². The fraction of sp³-hybridized carbons (Fsp3) is 0.923. The SMILES string of the molecule is CCOC(=O)N1CCN(C[C@@H]2CCCCN2)CC1. The van der Waals surface area contributed by atoms with E-state index in [2.05, 4.69) is 10.2 Å². The summed E-state index contributed by atoms with van der Waals surface area (Å²) in [7, 11) is 0. The van der Waals surface area contributed by atoms with Crippen molar-refractivity contribution < 1.29 is 9.53 Å². The number of hydrogen-bond acceptors (Lipinski definition) is 4. The maximum Gasteiger partial charge on any atom is 0.409 e. The van der Waals surface area contributed by atoms with Crippen LogP contribution in [0.2, 0.25) is 0 Å². The molecule has 0 bridgehead atoms. The molecule has 1 atom stereocenters. The molecule has 104 valence electrons. The third-order valence-corrected chi connectivity index (χ3v) is 3.79. The van der Waals surface area contributed by atoms with Crippen molar-refractivity contribution in [3.63, 3.8) is 0 Å². The van der Waals surface area contributed by atoms with Crippen LogP contribution in [-0.2, 0) is 4.74 Å². The first-order valence-corrected chi connectivity index (χ1v) is 7.17. The Hall–Kier alpha value is -0.810. The van der Waals surface area contributed by atoms with Gasteiger partial charge in [0.1, 0.15) is 0 Å². The molecule has 1 amide bonds. The number of piperazine rings is 1. The van der Waals surface area contributed by atoms with Gasteiger partial charge < -0.3 is 15.0 Å². The summed E-state index contributed by atoms with van der Waals surface area (Å²) in [6.45, 7) is 8.13. The minimum atomic E-state index is -0.159. The van der Waals surface area contributed by atoms with Crippen LogP contribution in [0.5, 0.6) is 0 Å². The Bertz CT molecular complexity index is 259. The van der Waals surface area contributed by atoms with E-state index in [1.165, 1.54) is 19.3 Å². The lowest BCUT2D eigenvalue weighted by atomic mass is 10.0. The molecule has 5 heteroatoms. The first kappa shape index (κ1) is 13.6. The number of nitrogens with zero attached hydrogens (tertiary/aromatic N) is 2. The molecule has 2 fully saturated rings. The van der Waals surface area contributed by atoms with Crippen molar-refractivity contribution in [2.75, 3.05) is 45.9 Å². The molecular weight excluding hydrogens is 230 g/mol. The van der Waals surface area contributed by atoms with E-state index < -0.39 is 0 Å². The maximum atomic E-state index is 11.6. The van der Waals surface area contributed by atoms with Crippen LogP contribution in [0, 0.1) is 0 Å². The Morgan fingerprint density at radius 1 is 1.28 bits per heavy atom. The molecule has 0 unspecified atom stereocenters. The Labute approximate surface area is 109 Å². The molecule has 2 aliphatic rings. The molecule has 0 radical (unpaired) electrons. The zero-order valence-corrected chi connectivity index (χ0v) is 11.4. The van der Waals surface area contributed by atoms with E-state index in [0.717, 1.165) is 39.3 Å². The van der Waals surface area contributed by atoms with E-state index in [4.69, 9.17) is 4.74 Å². The van der Waals surface area contributed by atoms with E-state index in [1.54, 1.807) is 0 Å². The average Bonchev–Trinajstić information content (AvgIpc) is 2.41. The second-order valence-corrected chi connectivity index (χ2v) is 5.13. The van der Waals surface area contributed by atoms with Crippen LogP contribution in [0.1, 0.15) is 26.2 Å². The normalized spacial score (nSPS) is 26.1. The van der Waals surface area contributed by atoms with Crippen molar-refractivity contribution in [1.82, 2.24) is 15.1 Å². The summed E-state index contributed by atoms with van der Waals surface area (Å²) in [6, 6.07) is 0.646. The summed E-state index contributed by atoms with van der Waals surface area (Å²) in [4.78, 5) is 15.8. The molecule has 0 spiro atoms. The van der Waals surface area contributed by atoms with Gasteiger partial charge >= 0.3 is 6.09 Å². The van der Waals surface area contributed by atoms with Gasteiger partial charge in [-0.1, -0.05) is 6.42 Å². The van der Waals surface area contributed by atoms with Crippen LogP contribution in [0.4, 0.5) is 4.79 Å². The first-order chi connectivity index (χ1) is 8.79. The predicted octanol–water partition coefficient (Wildman–Crippen LogP) is 0.903. The van der Waals surface area contributed by atoms with Crippen LogP contribution in [0.15, 0.2) is 0 Å². The molecular formula is C13H25N3O2. The Balaban J connectivity index is 1.68. The molecule has 2 aliphatic heterocycles. The standard InChI is InChI=1S/C13H25N3O2/c1-2-18-13(17)16-9-7-15(8-10-16)11-12-5-3-4-6-14-12/h12,14H,2-11H2,1H3/t12-/m0/s1. The van der Waals surface area contributed by atoms with Crippen LogP contribution >= 0.6 is 0 Å². The van der Waals surface area contributed by atoms with Gasteiger partial charge in [-0.15, -0.1) is 0 Å². The van der Waals surface area contributed by atoms with E-state index in [-0.39, 0.29) is 6.09 Å². The number of carbonyl (C=O) groups excluding carboxylic acids is 1. The van der Waals surface area contributed by atoms with Gasteiger partial charge in [0.2, 0.25) is 0 Å². The van der Waals surface area contributed by atoms with Crippen molar-refractivity contribution in [2.45, 2.75) is 32.2 Å². The maximum absolute atomic E-state index is 11.6. The zero-order valence-electron chi connectivity index (χ0n) is 11.4. The van der Waals surface area contributed by atoms with Crippen molar-refractivity contribution in [2.24, 2.45) is 0 Å². The number of rotatable bonds is 3. The smallest absolute Gasteiger partial charge is 0.409 e. The molecule has 2 heterocycles. The highest BCUT2D eigenvalue weighted by Crippen LogP contribution is 2.10. The average molecular weight is 255 g/mol.